The molecule has 0 saturated heterocycles. The molecule has 3 rings (SSSR count). The molecule has 5 heteroatoms. The number of aromatic nitrogens is 1. The number of aryl methyl sites for hydroxylation is 1. The predicted molar refractivity (Wildman–Crippen MR) is 85.5 cm³/mol. The van der Waals surface area contributed by atoms with E-state index in [2.05, 4.69) is 34.8 Å². The van der Waals surface area contributed by atoms with E-state index in [-0.39, 0.29) is 0 Å². The van der Waals surface area contributed by atoms with Gasteiger partial charge in [0.05, 0.1) is 5.69 Å². The van der Waals surface area contributed by atoms with Crippen LogP contribution in [0.5, 0.6) is 11.5 Å². The van der Waals surface area contributed by atoms with Gasteiger partial charge in [-0.1, -0.05) is 0 Å². The van der Waals surface area contributed by atoms with Crippen LogP contribution in [0.25, 0.3) is 0 Å². The highest BCUT2D eigenvalue weighted by Crippen LogP contribution is 2.36. The predicted octanol–water partition coefficient (Wildman–Crippen LogP) is 3.50. The SMILES string of the molecule is CSc1cc2c(cc1CNc1cncc(C)c1)OCCO2. The number of rotatable bonds is 4. The summed E-state index contributed by atoms with van der Waals surface area (Å²) in [4.78, 5) is 5.40. The van der Waals surface area contributed by atoms with Gasteiger partial charge in [0, 0.05) is 23.8 Å². The van der Waals surface area contributed by atoms with Gasteiger partial charge in [-0.2, -0.15) is 0 Å². The highest BCUT2D eigenvalue weighted by Gasteiger charge is 2.15. The quantitative estimate of drug-likeness (QED) is 0.876. The zero-order valence-electron chi connectivity index (χ0n) is 12.2. The molecule has 4 nitrogen and oxygen atoms in total. The Labute approximate surface area is 128 Å². The van der Waals surface area contributed by atoms with E-state index in [4.69, 9.17) is 9.47 Å². The van der Waals surface area contributed by atoms with Crippen LogP contribution in [0.1, 0.15) is 11.1 Å². The van der Waals surface area contributed by atoms with Gasteiger partial charge in [-0.05, 0) is 42.5 Å². The molecule has 1 aliphatic rings. The lowest BCUT2D eigenvalue weighted by Crippen LogP contribution is -2.16. The van der Waals surface area contributed by atoms with E-state index in [9.17, 15) is 0 Å². The molecule has 0 atom stereocenters. The van der Waals surface area contributed by atoms with Crippen molar-refractivity contribution in [1.82, 2.24) is 4.98 Å². The first kappa shape index (κ1) is 14.1. The molecule has 0 spiro atoms. The van der Waals surface area contributed by atoms with Crippen molar-refractivity contribution >= 4 is 17.4 Å². The summed E-state index contributed by atoms with van der Waals surface area (Å²) in [6.07, 6.45) is 5.76. The van der Waals surface area contributed by atoms with Crippen molar-refractivity contribution < 1.29 is 9.47 Å². The lowest BCUT2D eigenvalue weighted by atomic mass is 10.2. The topological polar surface area (TPSA) is 43.4 Å². The van der Waals surface area contributed by atoms with Crippen molar-refractivity contribution in [3.8, 4) is 11.5 Å². The number of hydrogen-bond acceptors (Lipinski definition) is 5. The summed E-state index contributed by atoms with van der Waals surface area (Å²) in [6, 6.07) is 6.21. The van der Waals surface area contributed by atoms with Crippen molar-refractivity contribution in [2.24, 2.45) is 0 Å². The van der Waals surface area contributed by atoms with Crippen LogP contribution >= 0.6 is 11.8 Å². The molecular weight excluding hydrogens is 284 g/mol. The van der Waals surface area contributed by atoms with E-state index in [1.54, 1.807) is 11.8 Å². The fraction of sp³-hybridized carbons (Fsp3) is 0.312. The number of nitrogens with zero attached hydrogens (tertiary/aromatic N) is 1. The van der Waals surface area contributed by atoms with E-state index in [1.165, 1.54) is 10.5 Å². The third-order valence-electron chi connectivity index (χ3n) is 3.30. The maximum absolute atomic E-state index is 5.66. The summed E-state index contributed by atoms with van der Waals surface area (Å²) in [5.41, 5.74) is 3.37. The Morgan fingerprint density at radius 3 is 2.62 bits per heavy atom. The van der Waals surface area contributed by atoms with Crippen molar-refractivity contribution in [2.75, 3.05) is 24.8 Å². The van der Waals surface area contributed by atoms with E-state index in [0.29, 0.717) is 13.2 Å². The first-order valence-electron chi connectivity index (χ1n) is 6.88. The summed E-state index contributed by atoms with van der Waals surface area (Å²) >= 11 is 1.72. The standard InChI is InChI=1S/C16H18N2O2S/c1-11-5-13(10-17-8-11)18-9-12-6-14-15(7-16(12)21-2)20-4-3-19-14/h5-8,10,18H,3-4,9H2,1-2H3. The van der Waals surface area contributed by atoms with Gasteiger partial charge < -0.3 is 14.8 Å². The van der Waals surface area contributed by atoms with Gasteiger partial charge in [-0.25, -0.2) is 0 Å². The minimum absolute atomic E-state index is 0.611. The molecule has 1 aromatic carbocycles. The average molecular weight is 302 g/mol. The van der Waals surface area contributed by atoms with Gasteiger partial charge in [0.25, 0.3) is 0 Å². The van der Waals surface area contributed by atoms with Gasteiger partial charge in [0.1, 0.15) is 13.2 Å². The first-order chi connectivity index (χ1) is 10.3. The van der Waals surface area contributed by atoms with Crippen LogP contribution in [0.4, 0.5) is 5.69 Å². The van der Waals surface area contributed by atoms with E-state index >= 15 is 0 Å². The Bertz CT molecular complexity index is 646. The van der Waals surface area contributed by atoms with Gasteiger partial charge in [0.2, 0.25) is 0 Å². The molecule has 2 aromatic rings. The summed E-state index contributed by atoms with van der Waals surface area (Å²) in [7, 11) is 0. The molecule has 2 heterocycles. The normalized spacial score (nSPS) is 13.0. The number of ether oxygens (including phenoxy) is 2. The van der Waals surface area contributed by atoms with Crippen LogP contribution in [0, 0.1) is 6.92 Å². The van der Waals surface area contributed by atoms with Gasteiger partial charge >= 0.3 is 0 Å². The van der Waals surface area contributed by atoms with E-state index in [0.717, 1.165) is 29.3 Å². The number of fused-ring (bicyclic) bond motifs is 1. The van der Waals surface area contributed by atoms with Crippen LogP contribution in [-0.2, 0) is 6.54 Å². The number of nitrogens with one attached hydrogen (secondary N) is 1. The van der Waals surface area contributed by atoms with Crippen LogP contribution in [0.2, 0.25) is 0 Å². The summed E-state index contributed by atoms with van der Waals surface area (Å²) < 4.78 is 11.3. The van der Waals surface area contributed by atoms with Crippen LogP contribution in [0.3, 0.4) is 0 Å². The summed E-state index contributed by atoms with van der Waals surface area (Å²) in [5, 5.41) is 3.41. The average Bonchev–Trinajstić information content (AvgIpc) is 2.52. The van der Waals surface area contributed by atoms with Crippen molar-refractivity contribution in [2.45, 2.75) is 18.4 Å². The molecule has 0 saturated carbocycles. The lowest BCUT2D eigenvalue weighted by molar-refractivity contribution is 0.171. The Kier molecular flexibility index (Phi) is 4.20. The maximum atomic E-state index is 5.66. The lowest BCUT2D eigenvalue weighted by Gasteiger charge is -2.21. The number of thioether (sulfide) groups is 1. The molecule has 1 N–H and O–H groups in total. The number of benzene rings is 1. The minimum Gasteiger partial charge on any atom is -0.486 e. The monoisotopic (exact) mass is 302 g/mol. The van der Waals surface area contributed by atoms with Crippen molar-refractivity contribution in [3.63, 3.8) is 0 Å². The van der Waals surface area contributed by atoms with Gasteiger partial charge in [0.15, 0.2) is 11.5 Å². The molecule has 0 radical (unpaired) electrons. The highest BCUT2D eigenvalue weighted by molar-refractivity contribution is 7.98. The second-order valence-electron chi connectivity index (χ2n) is 4.91. The highest BCUT2D eigenvalue weighted by atomic mass is 32.2. The van der Waals surface area contributed by atoms with Crippen LogP contribution in [0.15, 0.2) is 35.5 Å². The second kappa shape index (κ2) is 6.26. The number of pyridine rings is 1. The number of anilines is 1. The first-order valence-corrected chi connectivity index (χ1v) is 8.11. The molecule has 1 aliphatic heterocycles. The third kappa shape index (κ3) is 3.24. The molecule has 0 amide bonds. The van der Waals surface area contributed by atoms with Gasteiger partial charge in [-0.15, -0.1) is 11.8 Å². The van der Waals surface area contributed by atoms with Crippen LogP contribution in [-0.4, -0.2) is 24.5 Å². The molecule has 0 aliphatic carbocycles. The largest absolute Gasteiger partial charge is 0.486 e. The van der Waals surface area contributed by atoms with Crippen LogP contribution < -0.4 is 14.8 Å². The molecule has 21 heavy (non-hydrogen) atoms. The molecule has 1 aromatic heterocycles. The maximum Gasteiger partial charge on any atom is 0.162 e. The minimum atomic E-state index is 0.611. The summed E-state index contributed by atoms with van der Waals surface area (Å²) in [5.74, 6) is 1.67. The Morgan fingerprint density at radius 1 is 1.14 bits per heavy atom. The smallest absolute Gasteiger partial charge is 0.162 e. The number of hydrogen-bond donors (Lipinski definition) is 1. The Morgan fingerprint density at radius 2 is 1.90 bits per heavy atom. The second-order valence-corrected chi connectivity index (χ2v) is 5.76. The molecule has 0 fully saturated rings. The Balaban J connectivity index is 1.81. The van der Waals surface area contributed by atoms with E-state index in [1.807, 2.05) is 19.3 Å². The molecule has 0 unspecified atom stereocenters. The fourth-order valence-electron chi connectivity index (χ4n) is 2.29. The van der Waals surface area contributed by atoms with Crippen molar-refractivity contribution in [1.29, 1.82) is 0 Å². The molecule has 110 valence electrons. The molecule has 0 bridgehead atoms. The fourth-order valence-corrected chi connectivity index (χ4v) is 2.91. The Hall–Kier alpha value is -1.88. The molecular formula is C16H18N2O2S. The van der Waals surface area contributed by atoms with Crippen molar-refractivity contribution in [3.05, 3.63) is 41.7 Å². The summed E-state index contributed by atoms with van der Waals surface area (Å²) in [6.45, 7) is 4.00. The zero-order chi connectivity index (χ0) is 14.7. The third-order valence-corrected chi connectivity index (χ3v) is 4.12. The van der Waals surface area contributed by atoms with E-state index < -0.39 is 0 Å². The van der Waals surface area contributed by atoms with Gasteiger partial charge in [-0.3, -0.25) is 4.98 Å². The zero-order valence-corrected chi connectivity index (χ0v) is 13.0.